The van der Waals surface area contributed by atoms with Crippen LogP contribution >= 0.6 is 23.2 Å². The number of benzene rings is 3. The predicted molar refractivity (Wildman–Crippen MR) is 171 cm³/mol. The van der Waals surface area contributed by atoms with Crippen molar-refractivity contribution in [3.8, 4) is 11.5 Å². The van der Waals surface area contributed by atoms with Crippen molar-refractivity contribution in [3.63, 3.8) is 0 Å². The summed E-state index contributed by atoms with van der Waals surface area (Å²) in [7, 11) is 0. The highest BCUT2D eigenvalue weighted by atomic mass is 35.5. The van der Waals surface area contributed by atoms with Gasteiger partial charge in [-0.3, -0.25) is 0 Å². The van der Waals surface area contributed by atoms with Gasteiger partial charge in [-0.25, -0.2) is 9.59 Å². The molecule has 0 radical (unpaired) electrons. The van der Waals surface area contributed by atoms with Crippen molar-refractivity contribution in [2.75, 3.05) is 16.0 Å². The molecule has 3 aromatic rings. The fraction of sp³-hybridized carbons (Fsp3) is 0.355. The summed E-state index contributed by atoms with van der Waals surface area (Å²) in [5.41, 5.74) is -0.150. The Morgan fingerprint density at radius 2 is 1.22 bits per heavy atom. The van der Waals surface area contributed by atoms with Crippen LogP contribution in [-0.2, 0) is 6.18 Å². The van der Waals surface area contributed by atoms with Crippen molar-refractivity contribution in [2.24, 2.45) is 0 Å². The molecule has 2 unspecified atom stereocenters. The molecule has 8 N–H and O–H groups in total. The first kappa shape index (κ1) is 36.6. The zero-order chi connectivity index (χ0) is 34.2. The average Bonchev–Trinajstić information content (AvgIpc) is 2.97. The van der Waals surface area contributed by atoms with Crippen LogP contribution in [0.15, 0.2) is 48.5 Å². The van der Waals surface area contributed by atoms with Crippen molar-refractivity contribution >= 4 is 52.3 Å². The molecule has 250 valence electrons. The number of amides is 4. The van der Waals surface area contributed by atoms with Crippen LogP contribution in [0, 0.1) is 0 Å². The minimum atomic E-state index is -4.47. The molecule has 0 aliphatic heterocycles. The molecule has 1 saturated carbocycles. The molecule has 0 heterocycles. The number of urea groups is 2. The number of phenols is 2. The number of rotatable bonds is 6. The van der Waals surface area contributed by atoms with Gasteiger partial charge >= 0.3 is 18.2 Å². The largest absolute Gasteiger partial charge is 0.505 e. The van der Waals surface area contributed by atoms with Crippen molar-refractivity contribution in [2.45, 2.75) is 70.4 Å². The monoisotopic (exact) mass is 686 g/mol. The molecule has 10 nitrogen and oxygen atoms in total. The van der Waals surface area contributed by atoms with Crippen molar-refractivity contribution < 1.29 is 43.2 Å². The first-order valence-corrected chi connectivity index (χ1v) is 15.0. The topological polar surface area (TPSA) is 163 Å². The highest BCUT2D eigenvalue weighted by Crippen LogP contribution is 2.36. The van der Waals surface area contributed by atoms with Gasteiger partial charge in [0.15, 0.2) is 0 Å². The van der Waals surface area contributed by atoms with Crippen LogP contribution in [0.4, 0.5) is 39.8 Å². The summed E-state index contributed by atoms with van der Waals surface area (Å²) in [6.07, 6.45) is -0.930. The lowest BCUT2D eigenvalue weighted by atomic mass is 9.96. The summed E-state index contributed by atoms with van der Waals surface area (Å²) >= 11 is 11.8. The summed E-state index contributed by atoms with van der Waals surface area (Å²) in [6.45, 7) is 2.94. The van der Waals surface area contributed by atoms with Gasteiger partial charge in [-0.15, -0.1) is 0 Å². The molecule has 4 rings (SSSR count). The number of halogens is 5. The van der Waals surface area contributed by atoms with Gasteiger partial charge in [-0.2, -0.15) is 13.2 Å². The van der Waals surface area contributed by atoms with Crippen LogP contribution < -0.4 is 21.3 Å². The Hall–Kier alpha value is -3.91. The van der Waals surface area contributed by atoms with Crippen LogP contribution in [0.25, 0.3) is 0 Å². The van der Waals surface area contributed by atoms with E-state index in [1.165, 1.54) is 44.5 Å². The molecular weight excluding hydrogens is 652 g/mol. The molecule has 1 fully saturated rings. The molecule has 0 bridgehead atoms. The van der Waals surface area contributed by atoms with E-state index < -0.39 is 30.0 Å². The number of nitrogens with one attached hydrogen (secondary N) is 4. The van der Waals surface area contributed by atoms with Crippen LogP contribution in [0.1, 0.15) is 74.8 Å². The molecule has 0 spiro atoms. The molecule has 3 aromatic carbocycles. The number of hydrogen-bond acceptors (Lipinski definition) is 6. The third-order valence-corrected chi connectivity index (χ3v) is 7.45. The van der Waals surface area contributed by atoms with Gasteiger partial charge < -0.3 is 41.7 Å². The van der Waals surface area contributed by atoms with E-state index in [4.69, 9.17) is 23.2 Å². The zero-order valence-electron chi connectivity index (χ0n) is 24.9. The number of hydrogen-bond donors (Lipinski definition) is 8. The normalized spacial score (nSPS) is 14.7. The maximum Gasteiger partial charge on any atom is 0.416 e. The molecule has 46 heavy (non-hydrogen) atoms. The van der Waals surface area contributed by atoms with Gasteiger partial charge in [0.2, 0.25) is 0 Å². The number of aliphatic hydroxyl groups excluding tert-OH is 2. The molecule has 1 aliphatic carbocycles. The fourth-order valence-corrected chi connectivity index (χ4v) is 5.14. The highest BCUT2D eigenvalue weighted by Gasteiger charge is 2.30. The SMILES string of the molecule is CC(O)c1cc(Cl)cc(NC(=O)NC2CCCCC2)c1O.CC(O)c1cc(Cl)cc(NC(=O)Nc2ccc(C(F)(F)F)cc2)c1O. The maximum absolute atomic E-state index is 12.5. The van der Waals surface area contributed by atoms with E-state index >= 15 is 0 Å². The van der Waals surface area contributed by atoms with E-state index in [9.17, 15) is 43.2 Å². The minimum absolute atomic E-state index is 0.0483. The van der Waals surface area contributed by atoms with Crippen LogP contribution in [0.3, 0.4) is 0 Å². The van der Waals surface area contributed by atoms with E-state index in [2.05, 4.69) is 21.3 Å². The highest BCUT2D eigenvalue weighted by molar-refractivity contribution is 6.31. The predicted octanol–water partition coefficient (Wildman–Crippen LogP) is 8.31. The van der Waals surface area contributed by atoms with Gasteiger partial charge in [-0.05, 0) is 75.2 Å². The first-order valence-electron chi connectivity index (χ1n) is 14.3. The molecular formula is C31H35Cl2F3N4O6. The molecule has 0 saturated heterocycles. The van der Waals surface area contributed by atoms with Gasteiger partial charge in [0, 0.05) is 32.9 Å². The zero-order valence-corrected chi connectivity index (χ0v) is 26.4. The van der Waals surface area contributed by atoms with Crippen molar-refractivity contribution in [3.05, 3.63) is 75.3 Å². The Morgan fingerprint density at radius 1 is 0.761 bits per heavy atom. The lowest BCUT2D eigenvalue weighted by Crippen LogP contribution is -2.39. The number of carbonyl (C=O) groups is 2. The maximum atomic E-state index is 12.5. The number of alkyl halides is 3. The van der Waals surface area contributed by atoms with E-state index in [0.717, 1.165) is 49.9 Å². The van der Waals surface area contributed by atoms with Crippen LogP contribution in [-0.4, -0.2) is 38.5 Å². The summed E-state index contributed by atoms with van der Waals surface area (Å²) in [6, 6.07) is 8.44. The number of aromatic hydroxyl groups is 2. The number of aliphatic hydroxyl groups is 2. The quantitative estimate of drug-likeness (QED) is 0.122. The number of phenolic OH excluding ortho intramolecular Hbond substituents is 2. The lowest BCUT2D eigenvalue weighted by molar-refractivity contribution is -0.137. The average molecular weight is 688 g/mol. The van der Waals surface area contributed by atoms with E-state index in [0.29, 0.717) is 5.02 Å². The third kappa shape index (κ3) is 10.6. The van der Waals surface area contributed by atoms with Gasteiger partial charge in [0.05, 0.1) is 29.1 Å². The van der Waals surface area contributed by atoms with Crippen molar-refractivity contribution in [1.82, 2.24) is 5.32 Å². The lowest BCUT2D eigenvalue weighted by Gasteiger charge is -2.23. The Bertz CT molecular complexity index is 1520. The van der Waals surface area contributed by atoms with E-state index in [1.54, 1.807) is 0 Å². The van der Waals surface area contributed by atoms with E-state index in [-0.39, 0.29) is 56.8 Å². The second-order valence-electron chi connectivity index (χ2n) is 10.7. The number of anilines is 3. The van der Waals surface area contributed by atoms with Gasteiger partial charge in [-0.1, -0.05) is 42.5 Å². The summed E-state index contributed by atoms with van der Waals surface area (Å²) < 4.78 is 37.5. The van der Waals surface area contributed by atoms with Crippen molar-refractivity contribution in [1.29, 1.82) is 0 Å². The second-order valence-corrected chi connectivity index (χ2v) is 11.6. The molecule has 1 aliphatic rings. The molecule has 15 heteroatoms. The van der Waals surface area contributed by atoms with Crippen LogP contribution in [0.2, 0.25) is 10.0 Å². The summed E-state index contributed by atoms with van der Waals surface area (Å²) in [5, 5.41) is 50.0. The first-order chi connectivity index (χ1) is 21.5. The van der Waals surface area contributed by atoms with E-state index in [1.807, 2.05) is 0 Å². The Labute approximate surface area is 273 Å². The molecule has 0 aromatic heterocycles. The summed E-state index contributed by atoms with van der Waals surface area (Å²) in [4.78, 5) is 23.9. The Morgan fingerprint density at radius 3 is 1.65 bits per heavy atom. The smallest absolute Gasteiger partial charge is 0.416 e. The molecule has 4 amide bonds. The van der Waals surface area contributed by atoms with Gasteiger partial charge in [0.1, 0.15) is 11.5 Å². The molecule has 2 atom stereocenters. The minimum Gasteiger partial charge on any atom is -0.505 e. The van der Waals surface area contributed by atoms with Gasteiger partial charge in [0.25, 0.3) is 0 Å². The standard InChI is InChI=1S/C16H14ClF3N2O3.C15H21ClN2O3/c1-8(23)12-6-10(17)7-13(14(12)24)22-15(25)21-11-4-2-9(3-5-11)16(18,19)20;1-9(19)12-7-10(16)8-13(14(12)20)18-15(21)17-11-5-3-2-4-6-11/h2-8,23-24H,1H3,(H2,21,22,25);7-9,11,19-20H,2-6H2,1H3,(H2,17,18,21). The fourth-order valence-electron chi connectivity index (χ4n) is 4.69. The van der Waals surface area contributed by atoms with Crippen LogP contribution in [0.5, 0.6) is 11.5 Å². The Balaban J connectivity index is 0.000000254. The summed E-state index contributed by atoms with van der Waals surface area (Å²) in [5.74, 6) is -0.518. The third-order valence-electron chi connectivity index (χ3n) is 7.02. The second kappa shape index (κ2) is 16.1. The Kier molecular flexibility index (Phi) is 12.8. The number of carbonyl (C=O) groups excluding carboxylic acids is 2.